The van der Waals surface area contributed by atoms with Crippen LogP contribution in [0.5, 0.6) is 5.75 Å². The van der Waals surface area contributed by atoms with E-state index in [1.54, 1.807) is 0 Å². The van der Waals surface area contributed by atoms with Gasteiger partial charge in [-0.2, -0.15) is 0 Å². The van der Waals surface area contributed by atoms with Crippen molar-refractivity contribution in [2.75, 3.05) is 13.2 Å². The van der Waals surface area contributed by atoms with E-state index in [1.807, 2.05) is 6.92 Å². The summed E-state index contributed by atoms with van der Waals surface area (Å²) in [5.74, 6) is 1.65. The largest absolute Gasteiger partial charge is 0.494 e. The van der Waals surface area contributed by atoms with Crippen molar-refractivity contribution in [3.05, 3.63) is 29.8 Å². The molecule has 1 saturated carbocycles. The summed E-state index contributed by atoms with van der Waals surface area (Å²) >= 11 is 0. The lowest BCUT2D eigenvalue weighted by molar-refractivity contribution is 0.338. The quantitative estimate of drug-likeness (QED) is 0.805. The lowest BCUT2D eigenvalue weighted by Crippen LogP contribution is -2.34. The van der Waals surface area contributed by atoms with Crippen molar-refractivity contribution in [2.24, 2.45) is 0 Å². The smallest absolute Gasteiger partial charge is 0.119 e. The molecule has 2 rings (SSSR count). The first-order valence-corrected chi connectivity index (χ1v) is 7.81. The van der Waals surface area contributed by atoms with Crippen molar-refractivity contribution in [1.82, 2.24) is 5.32 Å². The summed E-state index contributed by atoms with van der Waals surface area (Å²) in [5, 5.41) is 3.68. The molecule has 0 aromatic heterocycles. The van der Waals surface area contributed by atoms with E-state index in [-0.39, 0.29) is 0 Å². The standard InChI is InChI=1S/C17H27NO/c1-3-18-17-12-7-5-6-11-16(17)14-9-8-10-15(13-14)19-4-2/h8-10,13,16-18H,3-7,11-12H2,1-2H3. The minimum Gasteiger partial charge on any atom is -0.494 e. The van der Waals surface area contributed by atoms with Gasteiger partial charge in [0.15, 0.2) is 0 Å². The van der Waals surface area contributed by atoms with Crippen LogP contribution in [-0.2, 0) is 0 Å². The Balaban J connectivity index is 2.17. The Morgan fingerprint density at radius 3 is 2.79 bits per heavy atom. The van der Waals surface area contributed by atoms with Gasteiger partial charge in [0.1, 0.15) is 5.75 Å². The molecule has 0 bridgehead atoms. The molecule has 0 spiro atoms. The molecule has 1 aromatic carbocycles. The number of likely N-dealkylation sites (N-methyl/N-ethyl adjacent to an activating group) is 1. The topological polar surface area (TPSA) is 21.3 Å². The summed E-state index contributed by atoms with van der Waals surface area (Å²) in [4.78, 5) is 0. The van der Waals surface area contributed by atoms with Gasteiger partial charge in [-0.25, -0.2) is 0 Å². The molecule has 1 N–H and O–H groups in total. The molecule has 0 saturated heterocycles. The zero-order valence-electron chi connectivity index (χ0n) is 12.3. The zero-order valence-corrected chi connectivity index (χ0v) is 12.3. The Morgan fingerprint density at radius 2 is 2.00 bits per heavy atom. The van der Waals surface area contributed by atoms with Crippen LogP contribution in [0.4, 0.5) is 0 Å². The van der Waals surface area contributed by atoms with Crippen molar-refractivity contribution in [3.8, 4) is 5.75 Å². The molecule has 2 atom stereocenters. The summed E-state index contributed by atoms with van der Waals surface area (Å²) < 4.78 is 5.64. The fourth-order valence-electron chi connectivity index (χ4n) is 3.21. The number of ether oxygens (including phenoxy) is 1. The molecular formula is C17H27NO. The third-order valence-corrected chi connectivity index (χ3v) is 4.08. The van der Waals surface area contributed by atoms with E-state index < -0.39 is 0 Å². The molecule has 1 aliphatic carbocycles. The Hall–Kier alpha value is -1.02. The van der Waals surface area contributed by atoms with Crippen molar-refractivity contribution in [3.63, 3.8) is 0 Å². The van der Waals surface area contributed by atoms with E-state index in [1.165, 1.54) is 37.7 Å². The predicted molar refractivity (Wildman–Crippen MR) is 80.9 cm³/mol. The van der Waals surface area contributed by atoms with E-state index in [9.17, 15) is 0 Å². The molecule has 2 unspecified atom stereocenters. The van der Waals surface area contributed by atoms with Gasteiger partial charge in [-0.05, 0) is 49.9 Å². The Kier molecular flexibility index (Phi) is 5.71. The van der Waals surface area contributed by atoms with Gasteiger partial charge in [0.25, 0.3) is 0 Å². The van der Waals surface area contributed by atoms with Gasteiger partial charge in [0.2, 0.25) is 0 Å². The van der Waals surface area contributed by atoms with Gasteiger partial charge in [-0.15, -0.1) is 0 Å². The van der Waals surface area contributed by atoms with Crippen LogP contribution < -0.4 is 10.1 Å². The second-order valence-electron chi connectivity index (χ2n) is 5.41. The molecule has 1 fully saturated rings. The third-order valence-electron chi connectivity index (χ3n) is 4.08. The van der Waals surface area contributed by atoms with Gasteiger partial charge in [-0.1, -0.05) is 38.3 Å². The van der Waals surface area contributed by atoms with Crippen LogP contribution in [0, 0.1) is 0 Å². The summed E-state index contributed by atoms with van der Waals surface area (Å²) in [5.41, 5.74) is 1.44. The van der Waals surface area contributed by atoms with E-state index >= 15 is 0 Å². The predicted octanol–water partition coefficient (Wildman–Crippen LogP) is 4.11. The number of benzene rings is 1. The summed E-state index contributed by atoms with van der Waals surface area (Å²) in [6.45, 7) is 6.05. The maximum Gasteiger partial charge on any atom is 0.119 e. The summed E-state index contributed by atoms with van der Waals surface area (Å²) in [6.07, 6.45) is 6.69. The number of hydrogen-bond acceptors (Lipinski definition) is 2. The fourth-order valence-corrected chi connectivity index (χ4v) is 3.21. The number of nitrogens with one attached hydrogen (secondary N) is 1. The molecule has 0 aliphatic heterocycles. The first kappa shape index (κ1) is 14.4. The van der Waals surface area contributed by atoms with Gasteiger partial charge in [0.05, 0.1) is 6.61 Å². The van der Waals surface area contributed by atoms with Crippen LogP contribution in [0.2, 0.25) is 0 Å². The Morgan fingerprint density at radius 1 is 1.16 bits per heavy atom. The number of hydrogen-bond donors (Lipinski definition) is 1. The lowest BCUT2D eigenvalue weighted by Gasteiger charge is -2.26. The highest BCUT2D eigenvalue weighted by Gasteiger charge is 2.24. The second kappa shape index (κ2) is 7.54. The van der Waals surface area contributed by atoms with E-state index in [2.05, 4.69) is 36.5 Å². The highest BCUT2D eigenvalue weighted by Crippen LogP contribution is 2.33. The molecule has 2 heteroatoms. The minimum absolute atomic E-state index is 0.629. The van der Waals surface area contributed by atoms with Crippen molar-refractivity contribution in [2.45, 2.75) is 57.9 Å². The monoisotopic (exact) mass is 261 g/mol. The summed E-state index contributed by atoms with van der Waals surface area (Å²) in [6, 6.07) is 9.33. The van der Waals surface area contributed by atoms with Crippen molar-refractivity contribution in [1.29, 1.82) is 0 Å². The van der Waals surface area contributed by atoms with Crippen LogP contribution in [0.25, 0.3) is 0 Å². The van der Waals surface area contributed by atoms with Crippen LogP contribution in [-0.4, -0.2) is 19.2 Å². The van der Waals surface area contributed by atoms with Crippen molar-refractivity contribution >= 4 is 0 Å². The molecule has 1 aromatic rings. The molecule has 1 aliphatic rings. The average molecular weight is 261 g/mol. The minimum atomic E-state index is 0.629. The van der Waals surface area contributed by atoms with Crippen LogP contribution in [0.15, 0.2) is 24.3 Å². The highest BCUT2D eigenvalue weighted by atomic mass is 16.5. The molecule has 0 radical (unpaired) electrons. The van der Waals surface area contributed by atoms with E-state index in [0.717, 1.165) is 18.9 Å². The fraction of sp³-hybridized carbons (Fsp3) is 0.647. The van der Waals surface area contributed by atoms with Gasteiger partial charge >= 0.3 is 0 Å². The Labute approximate surface area is 117 Å². The molecule has 19 heavy (non-hydrogen) atoms. The van der Waals surface area contributed by atoms with Gasteiger partial charge in [0, 0.05) is 6.04 Å². The molecule has 106 valence electrons. The average Bonchev–Trinajstić information content (AvgIpc) is 2.65. The third kappa shape index (κ3) is 3.97. The SMILES string of the molecule is CCNC1CCCCCC1c1cccc(OCC)c1. The first-order valence-electron chi connectivity index (χ1n) is 7.81. The maximum absolute atomic E-state index is 5.64. The molecule has 0 amide bonds. The Bertz CT molecular complexity index is 377. The molecular weight excluding hydrogens is 234 g/mol. The normalized spacial score (nSPS) is 23.9. The van der Waals surface area contributed by atoms with Crippen molar-refractivity contribution < 1.29 is 4.74 Å². The van der Waals surface area contributed by atoms with Crippen LogP contribution >= 0.6 is 0 Å². The van der Waals surface area contributed by atoms with Crippen LogP contribution in [0.1, 0.15) is 57.4 Å². The molecule has 0 heterocycles. The lowest BCUT2D eigenvalue weighted by atomic mass is 9.87. The number of rotatable bonds is 5. The summed E-state index contributed by atoms with van der Waals surface area (Å²) in [7, 11) is 0. The van der Waals surface area contributed by atoms with E-state index in [4.69, 9.17) is 4.74 Å². The van der Waals surface area contributed by atoms with Crippen LogP contribution in [0.3, 0.4) is 0 Å². The van der Waals surface area contributed by atoms with E-state index in [0.29, 0.717) is 12.0 Å². The highest BCUT2D eigenvalue weighted by molar-refractivity contribution is 5.32. The van der Waals surface area contributed by atoms with Gasteiger partial charge in [-0.3, -0.25) is 0 Å². The van der Waals surface area contributed by atoms with Gasteiger partial charge < -0.3 is 10.1 Å². The zero-order chi connectivity index (χ0) is 13.5. The first-order chi connectivity index (χ1) is 9.35. The molecule has 2 nitrogen and oxygen atoms in total. The second-order valence-corrected chi connectivity index (χ2v) is 5.41. The maximum atomic E-state index is 5.64.